The molecule has 0 saturated carbocycles. The maximum absolute atomic E-state index is 5.95. The largest absolute Gasteiger partial charge is 0.436 e. The quantitative estimate of drug-likeness (QED) is 0.650. The second-order valence-electron chi connectivity index (χ2n) is 4.43. The van der Waals surface area contributed by atoms with Gasteiger partial charge in [0.2, 0.25) is 5.88 Å². The van der Waals surface area contributed by atoms with Crippen molar-refractivity contribution in [2.75, 3.05) is 5.73 Å². The zero-order chi connectivity index (χ0) is 15.0. The number of aromatic nitrogens is 3. The molecule has 108 valence electrons. The SMILES string of the molecule is CCn1ccc2c(Oc3c(Br)cc(N)cc3Br)ncnc21. The highest BCUT2D eigenvalue weighted by Gasteiger charge is 2.14. The summed E-state index contributed by atoms with van der Waals surface area (Å²) in [6.07, 6.45) is 3.47. The lowest BCUT2D eigenvalue weighted by Gasteiger charge is -2.10. The van der Waals surface area contributed by atoms with Crippen LogP contribution in [-0.2, 0) is 6.54 Å². The van der Waals surface area contributed by atoms with Gasteiger partial charge in [0.1, 0.15) is 12.0 Å². The summed E-state index contributed by atoms with van der Waals surface area (Å²) in [5.41, 5.74) is 7.29. The smallest absolute Gasteiger partial charge is 0.231 e. The molecule has 5 nitrogen and oxygen atoms in total. The number of nitrogen functional groups attached to an aromatic ring is 1. The third-order valence-electron chi connectivity index (χ3n) is 3.08. The number of nitrogens with two attached hydrogens (primary N) is 1. The van der Waals surface area contributed by atoms with E-state index >= 15 is 0 Å². The maximum Gasteiger partial charge on any atom is 0.231 e. The molecule has 2 aromatic heterocycles. The third kappa shape index (κ3) is 2.63. The fourth-order valence-electron chi connectivity index (χ4n) is 2.09. The lowest BCUT2D eigenvalue weighted by Crippen LogP contribution is -1.96. The van der Waals surface area contributed by atoms with Gasteiger partial charge in [0.25, 0.3) is 0 Å². The molecule has 0 unspecified atom stereocenters. The molecule has 2 heterocycles. The van der Waals surface area contributed by atoms with Gasteiger partial charge in [0, 0.05) is 18.4 Å². The Balaban J connectivity index is 2.09. The Kier molecular flexibility index (Phi) is 3.86. The topological polar surface area (TPSA) is 66.0 Å². The van der Waals surface area contributed by atoms with Gasteiger partial charge < -0.3 is 15.0 Å². The molecular formula is C14H12Br2N4O. The molecule has 0 saturated heterocycles. The fourth-order valence-corrected chi connectivity index (χ4v) is 3.47. The summed E-state index contributed by atoms with van der Waals surface area (Å²) in [4.78, 5) is 8.54. The first kappa shape index (κ1) is 14.3. The van der Waals surface area contributed by atoms with Gasteiger partial charge in [-0.25, -0.2) is 9.97 Å². The van der Waals surface area contributed by atoms with Crippen molar-refractivity contribution < 1.29 is 4.74 Å². The van der Waals surface area contributed by atoms with E-state index in [-0.39, 0.29) is 0 Å². The fraction of sp³-hybridized carbons (Fsp3) is 0.143. The van der Waals surface area contributed by atoms with Gasteiger partial charge in [0.15, 0.2) is 5.75 Å². The first-order chi connectivity index (χ1) is 10.1. The Morgan fingerprint density at radius 1 is 1.24 bits per heavy atom. The van der Waals surface area contributed by atoms with Crippen molar-refractivity contribution in [2.45, 2.75) is 13.5 Å². The van der Waals surface area contributed by atoms with E-state index in [0.29, 0.717) is 17.3 Å². The summed E-state index contributed by atoms with van der Waals surface area (Å²) < 4.78 is 9.51. The van der Waals surface area contributed by atoms with Gasteiger partial charge in [-0.1, -0.05) is 0 Å². The second kappa shape index (κ2) is 5.65. The van der Waals surface area contributed by atoms with Crippen LogP contribution in [0.25, 0.3) is 11.0 Å². The molecule has 3 rings (SSSR count). The number of halogens is 2. The number of ether oxygens (including phenoxy) is 1. The Hall–Kier alpha value is -1.60. The molecule has 0 bridgehead atoms. The number of aryl methyl sites for hydroxylation is 1. The number of fused-ring (bicyclic) bond motifs is 1. The molecule has 0 aliphatic carbocycles. The molecule has 21 heavy (non-hydrogen) atoms. The summed E-state index contributed by atoms with van der Waals surface area (Å²) in [6, 6.07) is 5.53. The van der Waals surface area contributed by atoms with Gasteiger partial charge in [0.05, 0.1) is 14.3 Å². The van der Waals surface area contributed by atoms with Crippen molar-refractivity contribution >= 4 is 48.6 Å². The Morgan fingerprint density at radius 2 is 1.95 bits per heavy atom. The summed E-state index contributed by atoms with van der Waals surface area (Å²) in [6.45, 7) is 2.91. The number of hydrogen-bond acceptors (Lipinski definition) is 4. The van der Waals surface area contributed by atoms with Gasteiger partial charge >= 0.3 is 0 Å². The van der Waals surface area contributed by atoms with E-state index in [1.54, 1.807) is 12.1 Å². The maximum atomic E-state index is 5.95. The van der Waals surface area contributed by atoms with Crippen molar-refractivity contribution in [3.8, 4) is 11.6 Å². The van der Waals surface area contributed by atoms with Crippen molar-refractivity contribution in [1.29, 1.82) is 0 Å². The number of anilines is 1. The summed E-state index contributed by atoms with van der Waals surface area (Å²) >= 11 is 6.91. The monoisotopic (exact) mass is 410 g/mol. The van der Waals surface area contributed by atoms with Crippen LogP contribution in [0.5, 0.6) is 11.6 Å². The first-order valence-corrected chi connectivity index (χ1v) is 7.91. The highest BCUT2D eigenvalue weighted by Crippen LogP contribution is 2.39. The van der Waals surface area contributed by atoms with Gasteiger partial charge in [-0.15, -0.1) is 0 Å². The van der Waals surface area contributed by atoms with E-state index in [1.165, 1.54) is 6.33 Å². The van der Waals surface area contributed by atoms with Crippen LogP contribution in [0.3, 0.4) is 0 Å². The normalized spacial score (nSPS) is 11.0. The predicted octanol–water partition coefficient (Wildman–Crippen LogP) is 4.35. The molecule has 0 atom stereocenters. The van der Waals surface area contributed by atoms with E-state index in [4.69, 9.17) is 10.5 Å². The predicted molar refractivity (Wildman–Crippen MR) is 89.5 cm³/mol. The van der Waals surface area contributed by atoms with Crippen LogP contribution in [0.4, 0.5) is 5.69 Å². The second-order valence-corrected chi connectivity index (χ2v) is 6.14. The van der Waals surface area contributed by atoms with Crippen molar-refractivity contribution in [2.24, 2.45) is 0 Å². The average molecular weight is 412 g/mol. The zero-order valence-corrected chi connectivity index (χ0v) is 14.3. The lowest BCUT2D eigenvalue weighted by molar-refractivity contribution is 0.462. The minimum absolute atomic E-state index is 0.512. The molecule has 0 amide bonds. The molecule has 1 aromatic carbocycles. The Morgan fingerprint density at radius 3 is 2.62 bits per heavy atom. The van der Waals surface area contributed by atoms with Gasteiger partial charge in [-0.3, -0.25) is 0 Å². The number of hydrogen-bond donors (Lipinski definition) is 1. The van der Waals surface area contributed by atoms with Crippen LogP contribution in [-0.4, -0.2) is 14.5 Å². The van der Waals surface area contributed by atoms with Crippen LogP contribution in [0, 0.1) is 0 Å². The standard InChI is InChI=1S/C14H12Br2N4O/c1-2-20-4-3-9-13(20)18-7-19-14(9)21-12-10(15)5-8(17)6-11(12)16/h3-7H,2,17H2,1H3. The van der Waals surface area contributed by atoms with E-state index in [1.807, 2.05) is 16.8 Å². The van der Waals surface area contributed by atoms with Gasteiger partial charge in [-0.2, -0.15) is 0 Å². The van der Waals surface area contributed by atoms with Crippen molar-refractivity contribution in [3.63, 3.8) is 0 Å². The van der Waals surface area contributed by atoms with Crippen LogP contribution in [0.15, 0.2) is 39.7 Å². The molecule has 0 aliphatic rings. The van der Waals surface area contributed by atoms with Gasteiger partial charge in [-0.05, 0) is 57.0 Å². The molecule has 0 spiro atoms. The number of benzene rings is 1. The zero-order valence-electron chi connectivity index (χ0n) is 11.2. The van der Waals surface area contributed by atoms with Crippen LogP contribution in [0.2, 0.25) is 0 Å². The molecule has 0 fully saturated rings. The number of rotatable bonds is 3. The molecule has 0 radical (unpaired) electrons. The molecule has 7 heteroatoms. The number of nitrogens with zero attached hydrogens (tertiary/aromatic N) is 3. The Bertz CT molecular complexity index is 793. The van der Waals surface area contributed by atoms with E-state index in [0.717, 1.165) is 26.5 Å². The minimum Gasteiger partial charge on any atom is -0.436 e. The molecule has 2 N–H and O–H groups in total. The summed E-state index contributed by atoms with van der Waals surface area (Å²) in [7, 11) is 0. The lowest BCUT2D eigenvalue weighted by atomic mass is 10.3. The van der Waals surface area contributed by atoms with E-state index < -0.39 is 0 Å². The van der Waals surface area contributed by atoms with Crippen LogP contribution in [0.1, 0.15) is 6.92 Å². The van der Waals surface area contributed by atoms with Crippen molar-refractivity contribution in [3.05, 3.63) is 39.7 Å². The molecular weight excluding hydrogens is 400 g/mol. The first-order valence-electron chi connectivity index (χ1n) is 6.32. The highest BCUT2D eigenvalue weighted by molar-refractivity contribution is 9.11. The van der Waals surface area contributed by atoms with Crippen molar-refractivity contribution in [1.82, 2.24) is 14.5 Å². The highest BCUT2D eigenvalue weighted by atomic mass is 79.9. The molecule has 0 aliphatic heterocycles. The average Bonchev–Trinajstić information content (AvgIpc) is 2.86. The Labute approximate surface area is 138 Å². The summed E-state index contributed by atoms with van der Waals surface area (Å²) in [5, 5.41) is 0.870. The van der Waals surface area contributed by atoms with Crippen LogP contribution < -0.4 is 10.5 Å². The molecule has 3 aromatic rings. The van der Waals surface area contributed by atoms with E-state index in [9.17, 15) is 0 Å². The van der Waals surface area contributed by atoms with Crippen LogP contribution >= 0.6 is 31.9 Å². The van der Waals surface area contributed by atoms with E-state index in [2.05, 4.69) is 48.8 Å². The summed E-state index contributed by atoms with van der Waals surface area (Å²) in [5.74, 6) is 1.15. The third-order valence-corrected chi connectivity index (χ3v) is 4.26. The minimum atomic E-state index is 0.512.